The molecule has 0 aliphatic heterocycles. The number of aliphatic carboxylic acids is 1. The summed E-state index contributed by atoms with van der Waals surface area (Å²) in [6.45, 7) is 0. The quantitative estimate of drug-likeness (QED) is 0.587. The first-order valence-electron chi connectivity index (χ1n) is 8.80. The fourth-order valence-electron chi connectivity index (χ4n) is 3.04. The molecule has 1 N–H and O–H groups in total. The van der Waals surface area contributed by atoms with Crippen molar-refractivity contribution in [3.8, 4) is 0 Å². The highest BCUT2D eigenvalue weighted by Gasteiger charge is 2.23. The van der Waals surface area contributed by atoms with Gasteiger partial charge in [-0.25, -0.2) is 0 Å². The molecule has 0 atom stereocenters. The van der Waals surface area contributed by atoms with Crippen LogP contribution in [0.15, 0.2) is 46.7 Å². The van der Waals surface area contributed by atoms with E-state index in [1.54, 1.807) is 10.9 Å². The molecule has 1 saturated carbocycles. The number of benzene rings is 1. The van der Waals surface area contributed by atoms with Crippen LogP contribution in [-0.4, -0.2) is 37.9 Å². The Morgan fingerprint density at radius 3 is 2.73 bits per heavy atom. The standard InChI is InChI=1S/C19H22N4O2S/c24-17(25)14-26-19-22-21-18(16-11-5-2-6-12-16)23(19)20-13-7-10-15-8-3-1-4-9-15/h1,3-4,7-10,13,16H,2,5-6,11-12,14H2,(H,24,25)/b10-7+,20-13-. The van der Waals surface area contributed by atoms with E-state index >= 15 is 0 Å². The van der Waals surface area contributed by atoms with Gasteiger partial charge in [0, 0.05) is 12.1 Å². The van der Waals surface area contributed by atoms with Crippen molar-refractivity contribution in [1.29, 1.82) is 0 Å². The molecule has 1 aliphatic carbocycles. The number of rotatable bonds is 7. The van der Waals surface area contributed by atoms with Crippen LogP contribution in [0.4, 0.5) is 0 Å². The Morgan fingerprint density at radius 2 is 2.00 bits per heavy atom. The lowest BCUT2D eigenvalue weighted by molar-refractivity contribution is -0.133. The number of hydrogen-bond donors (Lipinski definition) is 1. The fourth-order valence-corrected chi connectivity index (χ4v) is 3.65. The summed E-state index contributed by atoms with van der Waals surface area (Å²) >= 11 is 1.15. The summed E-state index contributed by atoms with van der Waals surface area (Å²) in [6.07, 6.45) is 11.3. The first-order valence-corrected chi connectivity index (χ1v) is 9.78. The van der Waals surface area contributed by atoms with E-state index in [9.17, 15) is 4.79 Å². The second kappa shape index (κ2) is 9.33. The fraction of sp³-hybridized carbons (Fsp3) is 0.368. The van der Waals surface area contributed by atoms with Crippen molar-refractivity contribution >= 4 is 30.0 Å². The van der Waals surface area contributed by atoms with Crippen molar-refractivity contribution in [2.75, 3.05) is 5.75 Å². The molecule has 1 aromatic heterocycles. The lowest BCUT2D eigenvalue weighted by atomic mass is 9.89. The van der Waals surface area contributed by atoms with Crippen molar-refractivity contribution < 1.29 is 9.90 Å². The largest absolute Gasteiger partial charge is 0.481 e. The minimum atomic E-state index is -0.878. The third-order valence-corrected chi connectivity index (χ3v) is 5.19. The summed E-state index contributed by atoms with van der Waals surface area (Å²) in [5.41, 5.74) is 1.09. The van der Waals surface area contributed by atoms with Crippen molar-refractivity contribution in [3.05, 3.63) is 47.8 Å². The van der Waals surface area contributed by atoms with Crippen LogP contribution in [0.1, 0.15) is 49.4 Å². The average Bonchev–Trinajstić information content (AvgIpc) is 3.08. The lowest BCUT2D eigenvalue weighted by Crippen LogP contribution is -2.11. The van der Waals surface area contributed by atoms with Crippen LogP contribution in [0.25, 0.3) is 6.08 Å². The zero-order valence-electron chi connectivity index (χ0n) is 14.5. The maximum atomic E-state index is 10.9. The topological polar surface area (TPSA) is 80.4 Å². The summed E-state index contributed by atoms with van der Waals surface area (Å²) < 4.78 is 1.71. The van der Waals surface area contributed by atoms with Gasteiger partial charge in [0.25, 0.3) is 0 Å². The Morgan fingerprint density at radius 1 is 1.23 bits per heavy atom. The van der Waals surface area contributed by atoms with Gasteiger partial charge < -0.3 is 5.11 Å². The molecule has 0 bridgehead atoms. The molecule has 0 radical (unpaired) electrons. The van der Waals surface area contributed by atoms with Crippen molar-refractivity contribution in [2.45, 2.75) is 43.2 Å². The zero-order valence-corrected chi connectivity index (χ0v) is 15.3. The summed E-state index contributed by atoms with van der Waals surface area (Å²) in [5.74, 6) is 0.238. The normalized spacial score (nSPS) is 15.8. The van der Waals surface area contributed by atoms with E-state index in [0.717, 1.165) is 36.0 Å². The Balaban J connectivity index is 1.79. The molecule has 0 amide bonds. The predicted octanol–water partition coefficient (Wildman–Crippen LogP) is 4.05. The summed E-state index contributed by atoms with van der Waals surface area (Å²) in [7, 11) is 0. The van der Waals surface area contributed by atoms with E-state index in [-0.39, 0.29) is 5.75 Å². The van der Waals surface area contributed by atoms with E-state index in [0.29, 0.717) is 11.1 Å². The molecule has 1 aromatic carbocycles. The van der Waals surface area contributed by atoms with Gasteiger partial charge >= 0.3 is 5.97 Å². The van der Waals surface area contributed by atoms with Gasteiger partial charge in [0.05, 0.1) is 5.75 Å². The van der Waals surface area contributed by atoms with Crippen LogP contribution < -0.4 is 0 Å². The van der Waals surface area contributed by atoms with Crippen LogP contribution in [0, 0.1) is 0 Å². The minimum absolute atomic E-state index is 0.0574. The third-order valence-electron chi connectivity index (χ3n) is 4.29. The molecule has 1 fully saturated rings. The number of carboxylic acids is 1. The molecule has 26 heavy (non-hydrogen) atoms. The van der Waals surface area contributed by atoms with E-state index in [4.69, 9.17) is 5.11 Å². The summed E-state index contributed by atoms with van der Waals surface area (Å²) in [6, 6.07) is 9.98. The average molecular weight is 370 g/mol. The van der Waals surface area contributed by atoms with Gasteiger partial charge in [0.2, 0.25) is 5.16 Å². The van der Waals surface area contributed by atoms with Gasteiger partial charge in [-0.15, -0.1) is 10.2 Å². The Kier molecular flexibility index (Phi) is 6.60. The first kappa shape index (κ1) is 18.4. The number of hydrogen-bond acceptors (Lipinski definition) is 5. The summed E-state index contributed by atoms with van der Waals surface area (Å²) in [4.78, 5) is 10.9. The number of thioether (sulfide) groups is 1. The predicted molar refractivity (Wildman–Crippen MR) is 104 cm³/mol. The zero-order chi connectivity index (χ0) is 18.2. The van der Waals surface area contributed by atoms with Crippen LogP contribution in [0.5, 0.6) is 0 Å². The Hall–Kier alpha value is -2.41. The number of allylic oxidation sites excluding steroid dienone is 1. The van der Waals surface area contributed by atoms with Gasteiger partial charge in [-0.3, -0.25) is 4.79 Å². The van der Waals surface area contributed by atoms with E-state index in [1.165, 1.54) is 19.3 Å². The molecule has 1 heterocycles. The lowest BCUT2D eigenvalue weighted by Gasteiger charge is -2.20. The molecule has 0 unspecified atom stereocenters. The van der Waals surface area contributed by atoms with E-state index in [2.05, 4.69) is 15.3 Å². The van der Waals surface area contributed by atoms with Crippen molar-refractivity contribution in [3.63, 3.8) is 0 Å². The molecular formula is C19H22N4O2S. The first-order chi connectivity index (χ1) is 12.7. The second-order valence-corrected chi connectivity index (χ2v) is 7.15. The van der Waals surface area contributed by atoms with Gasteiger partial charge in [-0.1, -0.05) is 67.4 Å². The SMILES string of the molecule is O=C(O)CSc1nnc(C2CCCCC2)n1/N=C\C=C\c1ccccc1. The Bertz CT molecular complexity index is 780. The maximum Gasteiger partial charge on any atom is 0.313 e. The van der Waals surface area contributed by atoms with Crippen LogP contribution in [-0.2, 0) is 4.79 Å². The second-order valence-electron chi connectivity index (χ2n) is 6.20. The molecule has 7 heteroatoms. The van der Waals surface area contributed by atoms with Crippen molar-refractivity contribution in [2.24, 2.45) is 5.10 Å². The highest BCUT2D eigenvalue weighted by atomic mass is 32.2. The maximum absolute atomic E-state index is 10.9. The van der Waals surface area contributed by atoms with Crippen LogP contribution in [0.2, 0.25) is 0 Å². The van der Waals surface area contributed by atoms with Gasteiger partial charge in [0.1, 0.15) is 0 Å². The number of carboxylic acid groups (broad SMARTS) is 1. The molecule has 2 aromatic rings. The molecular weight excluding hydrogens is 348 g/mol. The number of nitrogens with zero attached hydrogens (tertiary/aromatic N) is 4. The van der Waals surface area contributed by atoms with Crippen molar-refractivity contribution in [1.82, 2.24) is 14.9 Å². The highest BCUT2D eigenvalue weighted by molar-refractivity contribution is 7.99. The van der Waals surface area contributed by atoms with E-state index < -0.39 is 5.97 Å². The van der Waals surface area contributed by atoms with Gasteiger partial charge in [0.15, 0.2) is 5.82 Å². The monoisotopic (exact) mass is 370 g/mol. The Labute approximate surface area is 157 Å². The molecule has 0 spiro atoms. The molecule has 0 saturated heterocycles. The summed E-state index contributed by atoms with van der Waals surface area (Å²) in [5, 5.41) is 22.5. The number of carbonyl (C=O) groups is 1. The van der Waals surface area contributed by atoms with Gasteiger partial charge in [-0.05, 0) is 24.5 Å². The molecule has 1 aliphatic rings. The van der Waals surface area contributed by atoms with Gasteiger partial charge in [-0.2, -0.15) is 9.78 Å². The molecule has 6 nitrogen and oxygen atoms in total. The molecule has 136 valence electrons. The minimum Gasteiger partial charge on any atom is -0.481 e. The smallest absolute Gasteiger partial charge is 0.313 e. The van der Waals surface area contributed by atoms with E-state index in [1.807, 2.05) is 42.5 Å². The molecule has 3 rings (SSSR count). The van der Waals surface area contributed by atoms with Crippen LogP contribution >= 0.6 is 11.8 Å². The highest BCUT2D eigenvalue weighted by Crippen LogP contribution is 2.33. The van der Waals surface area contributed by atoms with Crippen LogP contribution in [0.3, 0.4) is 0 Å². The number of aromatic nitrogens is 3. The third kappa shape index (κ3) is 5.05.